The minimum Gasteiger partial charge on any atom is -0.484 e. The van der Waals surface area contributed by atoms with E-state index >= 15 is 0 Å². The van der Waals surface area contributed by atoms with Gasteiger partial charge in [0.1, 0.15) is 5.75 Å². The molecule has 1 fully saturated rings. The van der Waals surface area contributed by atoms with Crippen molar-refractivity contribution in [3.05, 3.63) is 29.3 Å². The summed E-state index contributed by atoms with van der Waals surface area (Å²) >= 11 is 11.9. The van der Waals surface area contributed by atoms with Crippen molar-refractivity contribution in [2.45, 2.75) is 31.1 Å². The molecule has 1 saturated carbocycles. The van der Waals surface area contributed by atoms with Gasteiger partial charge in [-0.05, 0) is 49.8 Å². The van der Waals surface area contributed by atoms with Crippen LogP contribution in [0.1, 0.15) is 25.7 Å². The van der Waals surface area contributed by atoms with Gasteiger partial charge >= 0.3 is 0 Å². The molecule has 1 aliphatic rings. The van der Waals surface area contributed by atoms with Crippen molar-refractivity contribution in [1.82, 2.24) is 5.32 Å². The van der Waals surface area contributed by atoms with Crippen LogP contribution in [0.25, 0.3) is 0 Å². The molecule has 0 unspecified atom stereocenters. The zero-order valence-corrected chi connectivity index (χ0v) is 12.8. The molecule has 1 aromatic rings. The first-order chi connectivity index (χ1) is 9.63. The summed E-state index contributed by atoms with van der Waals surface area (Å²) in [4.78, 5) is 11.7. The van der Waals surface area contributed by atoms with Crippen LogP contribution in [0.15, 0.2) is 24.3 Å². The summed E-state index contributed by atoms with van der Waals surface area (Å²) in [7, 11) is 0. The molecule has 1 aromatic carbocycles. The van der Waals surface area contributed by atoms with Gasteiger partial charge in [0.15, 0.2) is 6.61 Å². The molecule has 0 aliphatic heterocycles. The highest BCUT2D eigenvalue weighted by Gasteiger charge is 2.19. The van der Waals surface area contributed by atoms with E-state index in [1.165, 1.54) is 0 Å². The summed E-state index contributed by atoms with van der Waals surface area (Å²) in [6.45, 7) is 0.729. The number of ether oxygens (including phenoxy) is 1. The number of rotatable bonds is 5. The number of nitrogens with one attached hydrogen (secondary N) is 1. The number of halogens is 2. The normalized spacial score (nSPS) is 22.3. The molecule has 3 nitrogen and oxygen atoms in total. The Hall–Kier alpha value is -0.930. The number of carbonyl (C=O) groups is 1. The van der Waals surface area contributed by atoms with E-state index < -0.39 is 0 Å². The summed E-state index contributed by atoms with van der Waals surface area (Å²) in [6, 6.07) is 7.03. The molecular weight excluding hydrogens is 297 g/mol. The van der Waals surface area contributed by atoms with Crippen molar-refractivity contribution in [2.24, 2.45) is 5.92 Å². The maximum atomic E-state index is 11.7. The number of carbonyl (C=O) groups excluding carboxylic acids is 1. The molecular formula is C15H19Cl2NO2. The fourth-order valence-electron chi connectivity index (χ4n) is 2.34. The average molecular weight is 316 g/mol. The van der Waals surface area contributed by atoms with Crippen LogP contribution in [-0.4, -0.2) is 24.4 Å². The Morgan fingerprint density at radius 2 is 2.05 bits per heavy atom. The molecule has 20 heavy (non-hydrogen) atoms. The first kappa shape index (κ1) is 15.5. The quantitative estimate of drug-likeness (QED) is 0.843. The zero-order valence-electron chi connectivity index (χ0n) is 11.3. The van der Waals surface area contributed by atoms with Gasteiger partial charge in [-0.25, -0.2) is 0 Å². The minimum absolute atomic E-state index is 0.0190. The number of benzene rings is 1. The largest absolute Gasteiger partial charge is 0.484 e. The molecule has 0 bridgehead atoms. The lowest BCUT2D eigenvalue weighted by atomic mass is 9.89. The van der Waals surface area contributed by atoms with E-state index in [2.05, 4.69) is 5.32 Å². The number of amides is 1. The predicted molar refractivity (Wildman–Crippen MR) is 81.6 cm³/mol. The van der Waals surface area contributed by atoms with Gasteiger partial charge in [-0.15, -0.1) is 11.6 Å². The van der Waals surface area contributed by atoms with E-state index in [-0.39, 0.29) is 12.5 Å². The molecule has 0 atom stereocenters. The van der Waals surface area contributed by atoms with Gasteiger partial charge in [-0.3, -0.25) is 4.79 Å². The second-order valence-electron chi connectivity index (χ2n) is 5.17. The SMILES string of the molecule is O=C(COc1cccc(Cl)c1)NCC1CCC(Cl)CC1. The van der Waals surface area contributed by atoms with E-state index in [4.69, 9.17) is 27.9 Å². The third kappa shape index (κ3) is 5.22. The molecule has 0 heterocycles. The van der Waals surface area contributed by atoms with Crippen molar-refractivity contribution in [3.8, 4) is 5.75 Å². The molecule has 1 N–H and O–H groups in total. The molecule has 0 radical (unpaired) electrons. The first-order valence-corrected chi connectivity index (χ1v) is 7.74. The summed E-state index contributed by atoms with van der Waals surface area (Å²) in [6.07, 6.45) is 4.26. The predicted octanol–water partition coefficient (Wildman–Crippen LogP) is 3.63. The molecule has 0 saturated heterocycles. The van der Waals surface area contributed by atoms with E-state index in [0.717, 1.165) is 25.7 Å². The van der Waals surface area contributed by atoms with Gasteiger partial charge in [0.05, 0.1) is 0 Å². The molecule has 1 aliphatic carbocycles. The van der Waals surface area contributed by atoms with Crippen LogP contribution in [0, 0.1) is 5.92 Å². The summed E-state index contributed by atoms with van der Waals surface area (Å²) < 4.78 is 5.39. The molecule has 0 aromatic heterocycles. The highest BCUT2D eigenvalue weighted by molar-refractivity contribution is 6.30. The Bertz CT molecular complexity index is 445. The minimum atomic E-state index is -0.0991. The topological polar surface area (TPSA) is 38.3 Å². The fourth-order valence-corrected chi connectivity index (χ4v) is 2.77. The Morgan fingerprint density at radius 3 is 2.75 bits per heavy atom. The van der Waals surface area contributed by atoms with Crippen molar-refractivity contribution in [3.63, 3.8) is 0 Å². The number of hydrogen-bond donors (Lipinski definition) is 1. The Labute approximate surface area is 129 Å². The highest BCUT2D eigenvalue weighted by Crippen LogP contribution is 2.26. The Kier molecular flexibility index (Phi) is 5.99. The van der Waals surface area contributed by atoms with Gasteiger partial charge in [0.25, 0.3) is 5.91 Å². The van der Waals surface area contributed by atoms with Crippen molar-refractivity contribution in [1.29, 1.82) is 0 Å². The van der Waals surface area contributed by atoms with Crippen LogP contribution >= 0.6 is 23.2 Å². The van der Waals surface area contributed by atoms with E-state index in [9.17, 15) is 4.79 Å². The second kappa shape index (κ2) is 7.75. The smallest absolute Gasteiger partial charge is 0.257 e. The van der Waals surface area contributed by atoms with Crippen LogP contribution < -0.4 is 10.1 Å². The summed E-state index contributed by atoms with van der Waals surface area (Å²) in [5.74, 6) is 1.05. The Balaban J connectivity index is 1.65. The van der Waals surface area contributed by atoms with Crippen LogP contribution in [0.2, 0.25) is 5.02 Å². The Morgan fingerprint density at radius 1 is 1.30 bits per heavy atom. The highest BCUT2D eigenvalue weighted by atomic mass is 35.5. The van der Waals surface area contributed by atoms with Crippen LogP contribution in [0.5, 0.6) is 5.75 Å². The average Bonchev–Trinajstić information content (AvgIpc) is 2.45. The molecule has 5 heteroatoms. The molecule has 1 amide bonds. The van der Waals surface area contributed by atoms with E-state index in [0.29, 0.717) is 28.6 Å². The summed E-state index contributed by atoms with van der Waals surface area (Å²) in [5.41, 5.74) is 0. The third-order valence-corrected chi connectivity index (χ3v) is 4.20. The van der Waals surface area contributed by atoms with Crippen molar-refractivity contribution < 1.29 is 9.53 Å². The molecule has 2 rings (SSSR count). The lowest BCUT2D eigenvalue weighted by Gasteiger charge is -2.25. The van der Waals surface area contributed by atoms with Gasteiger partial charge in [0, 0.05) is 16.9 Å². The second-order valence-corrected chi connectivity index (χ2v) is 6.22. The maximum absolute atomic E-state index is 11.7. The maximum Gasteiger partial charge on any atom is 0.257 e. The van der Waals surface area contributed by atoms with Crippen LogP contribution in [-0.2, 0) is 4.79 Å². The zero-order chi connectivity index (χ0) is 14.4. The van der Waals surface area contributed by atoms with E-state index in [1.54, 1.807) is 24.3 Å². The van der Waals surface area contributed by atoms with Gasteiger partial charge in [-0.1, -0.05) is 17.7 Å². The molecule has 110 valence electrons. The van der Waals surface area contributed by atoms with Crippen LogP contribution in [0.4, 0.5) is 0 Å². The third-order valence-electron chi connectivity index (χ3n) is 3.53. The van der Waals surface area contributed by atoms with Crippen molar-refractivity contribution in [2.75, 3.05) is 13.2 Å². The van der Waals surface area contributed by atoms with Gasteiger partial charge in [0.2, 0.25) is 0 Å². The number of alkyl halides is 1. The van der Waals surface area contributed by atoms with Gasteiger partial charge < -0.3 is 10.1 Å². The standard InChI is InChI=1S/C15H19Cl2NO2/c16-12-6-4-11(5-7-12)9-18-15(19)10-20-14-3-1-2-13(17)8-14/h1-3,8,11-12H,4-7,9-10H2,(H,18,19). The van der Waals surface area contributed by atoms with Crippen molar-refractivity contribution >= 4 is 29.1 Å². The lowest BCUT2D eigenvalue weighted by molar-refractivity contribution is -0.123. The number of hydrogen-bond acceptors (Lipinski definition) is 2. The molecule has 0 spiro atoms. The first-order valence-electron chi connectivity index (χ1n) is 6.92. The van der Waals surface area contributed by atoms with E-state index in [1.807, 2.05) is 0 Å². The monoisotopic (exact) mass is 315 g/mol. The lowest BCUT2D eigenvalue weighted by Crippen LogP contribution is -2.34. The van der Waals surface area contributed by atoms with Gasteiger partial charge in [-0.2, -0.15) is 0 Å². The summed E-state index contributed by atoms with van der Waals surface area (Å²) in [5, 5.41) is 3.82. The fraction of sp³-hybridized carbons (Fsp3) is 0.533. The van der Waals surface area contributed by atoms with Crippen LogP contribution in [0.3, 0.4) is 0 Å².